The van der Waals surface area contributed by atoms with E-state index in [1.807, 2.05) is 32.9 Å². The number of ether oxygens (including phenoxy) is 1. The highest BCUT2D eigenvalue weighted by Crippen LogP contribution is 2.25. The van der Waals surface area contributed by atoms with E-state index in [-0.39, 0.29) is 12.0 Å². The highest BCUT2D eigenvalue weighted by atomic mass is 35.5. The van der Waals surface area contributed by atoms with Crippen molar-refractivity contribution in [3.63, 3.8) is 0 Å². The van der Waals surface area contributed by atoms with E-state index in [0.717, 1.165) is 18.5 Å². The van der Waals surface area contributed by atoms with Gasteiger partial charge in [-0.1, -0.05) is 17.7 Å². The predicted octanol–water partition coefficient (Wildman–Crippen LogP) is 3.43. The van der Waals surface area contributed by atoms with Gasteiger partial charge < -0.3 is 9.64 Å². The Hall–Kier alpha value is -2.15. The van der Waals surface area contributed by atoms with Gasteiger partial charge in [-0.2, -0.15) is 0 Å². The fraction of sp³-hybridized carbons (Fsp3) is 0.529. The van der Waals surface area contributed by atoms with E-state index in [4.69, 9.17) is 16.3 Å². The molecule has 8 heteroatoms. The van der Waals surface area contributed by atoms with Gasteiger partial charge in [0.15, 0.2) is 5.82 Å². The standard InChI is InChI=1S/C17H22ClN5O2/c1-17(2,3)25-16(24)22-9-5-6-12(11-22)15-19-21-23(20-15)14-8-4-7-13(18)10-14/h4,7-8,10,12H,5-6,9,11H2,1-3H3. The van der Waals surface area contributed by atoms with Crippen molar-refractivity contribution in [3.05, 3.63) is 35.1 Å². The average molecular weight is 364 g/mol. The summed E-state index contributed by atoms with van der Waals surface area (Å²) in [6.45, 7) is 6.82. The first-order chi connectivity index (χ1) is 11.8. The summed E-state index contributed by atoms with van der Waals surface area (Å²) in [5, 5.41) is 13.4. The third-order valence-corrected chi connectivity index (χ3v) is 4.14. The molecule has 1 fully saturated rings. The zero-order valence-corrected chi connectivity index (χ0v) is 15.4. The van der Waals surface area contributed by atoms with Crippen molar-refractivity contribution in [1.29, 1.82) is 0 Å². The van der Waals surface area contributed by atoms with E-state index in [2.05, 4.69) is 15.4 Å². The first-order valence-corrected chi connectivity index (χ1v) is 8.73. The largest absolute Gasteiger partial charge is 0.444 e. The summed E-state index contributed by atoms with van der Waals surface area (Å²) in [5.74, 6) is 0.683. The van der Waals surface area contributed by atoms with Gasteiger partial charge in [-0.05, 0) is 57.0 Å². The van der Waals surface area contributed by atoms with Gasteiger partial charge in [-0.15, -0.1) is 15.0 Å². The molecule has 1 aliphatic rings. The lowest BCUT2D eigenvalue weighted by molar-refractivity contribution is 0.0196. The van der Waals surface area contributed by atoms with Gasteiger partial charge in [0.1, 0.15) is 5.60 Å². The van der Waals surface area contributed by atoms with Gasteiger partial charge in [-0.3, -0.25) is 0 Å². The van der Waals surface area contributed by atoms with Crippen molar-refractivity contribution in [3.8, 4) is 5.69 Å². The molecule has 1 aromatic heterocycles. The maximum Gasteiger partial charge on any atom is 0.410 e. The quantitative estimate of drug-likeness (QED) is 0.817. The number of amides is 1. The highest BCUT2D eigenvalue weighted by Gasteiger charge is 2.30. The number of hydrogen-bond donors (Lipinski definition) is 0. The summed E-state index contributed by atoms with van der Waals surface area (Å²) in [7, 11) is 0. The van der Waals surface area contributed by atoms with Crippen LogP contribution in [0.4, 0.5) is 4.79 Å². The van der Waals surface area contributed by atoms with Crippen LogP contribution in [0.3, 0.4) is 0 Å². The molecule has 0 spiro atoms. The number of nitrogens with zero attached hydrogens (tertiary/aromatic N) is 5. The van der Waals surface area contributed by atoms with E-state index < -0.39 is 5.60 Å². The molecule has 1 unspecified atom stereocenters. The van der Waals surface area contributed by atoms with Gasteiger partial charge in [0.2, 0.25) is 0 Å². The van der Waals surface area contributed by atoms with Crippen molar-refractivity contribution in [2.75, 3.05) is 13.1 Å². The average Bonchev–Trinajstić information content (AvgIpc) is 3.03. The van der Waals surface area contributed by atoms with E-state index in [9.17, 15) is 4.79 Å². The van der Waals surface area contributed by atoms with Crippen LogP contribution in [0.15, 0.2) is 24.3 Å². The molecule has 1 aromatic carbocycles. The number of carbonyl (C=O) groups is 1. The predicted molar refractivity (Wildman–Crippen MR) is 93.9 cm³/mol. The van der Waals surface area contributed by atoms with E-state index in [1.54, 1.807) is 17.0 Å². The van der Waals surface area contributed by atoms with Crippen LogP contribution in [0.5, 0.6) is 0 Å². The zero-order valence-electron chi connectivity index (χ0n) is 14.6. The Morgan fingerprint density at radius 1 is 1.36 bits per heavy atom. The number of likely N-dealkylation sites (tertiary alicyclic amines) is 1. The normalized spacial score (nSPS) is 18.2. The first-order valence-electron chi connectivity index (χ1n) is 8.35. The van der Waals surface area contributed by atoms with Crippen molar-refractivity contribution < 1.29 is 9.53 Å². The number of piperidine rings is 1. The summed E-state index contributed by atoms with van der Waals surface area (Å²) in [5.41, 5.74) is 0.254. The maximum atomic E-state index is 12.3. The SMILES string of the molecule is CC(C)(C)OC(=O)N1CCCC(c2nnn(-c3cccc(Cl)c3)n2)C1. The van der Waals surface area contributed by atoms with Crippen LogP contribution in [0.2, 0.25) is 5.02 Å². The third-order valence-electron chi connectivity index (χ3n) is 3.91. The number of rotatable bonds is 2. The molecule has 3 rings (SSSR count). The molecule has 1 aliphatic heterocycles. The van der Waals surface area contributed by atoms with Crippen LogP contribution in [0.25, 0.3) is 5.69 Å². The minimum atomic E-state index is -0.502. The minimum absolute atomic E-state index is 0.0502. The molecule has 25 heavy (non-hydrogen) atoms. The molecule has 1 atom stereocenters. The van der Waals surface area contributed by atoms with Crippen LogP contribution < -0.4 is 0 Å². The molecule has 0 bridgehead atoms. The van der Waals surface area contributed by atoms with E-state index in [0.29, 0.717) is 23.9 Å². The van der Waals surface area contributed by atoms with Crippen LogP contribution >= 0.6 is 11.6 Å². The Kier molecular flexibility index (Phi) is 4.94. The van der Waals surface area contributed by atoms with Gasteiger partial charge >= 0.3 is 6.09 Å². The fourth-order valence-electron chi connectivity index (χ4n) is 2.78. The molecule has 134 valence electrons. The maximum absolute atomic E-state index is 12.3. The molecular weight excluding hydrogens is 342 g/mol. The minimum Gasteiger partial charge on any atom is -0.444 e. The zero-order chi connectivity index (χ0) is 18.0. The Labute approximate surface area is 151 Å². The van der Waals surface area contributed by atoms with Gasteiger partial charge in [0.25, 0.3) is 0 Å². The number of carbonyl (C=O) groups excluding carboxylic acids is 1. The molecule has 2 aromatic rings. The molecule has 0 N–H and O–H groups in total. The van der Waals surface area contributed by atoms with Gasteiger partial charge in [-0.25, -0.2) is 4.79 Å². The Balaban J connectivity index is 1.71. The third kappa shape index (κ3) is 4.48. The van der Waals surface area contributed by atoms with Gasteiger partial charge in [0, 0.05) is 24.0 Å². The van der Waals surface area contributed by atoms with Crippen LogP contribution in [0.1, 0.15) is 45.4 Å². The summed E-state index contributed by atoms with van der Waals surface area (Å²) >= 11 is 6.01. The molecule has 2 heterocycles. The molecule has 0 aliphatic carbocycles. The molecule has 7 nitrogen and oxygen atoms in total. The van der Waals surface area contributed by atoms with E-state index >= 15 is 0 Å². The second kappa shape index (κ2) is 7.00. The molecule has 0 radical (unpaired) electrons. The monoisotopic (exact) mass is 363 g/mol. The van der Waals surface area contributed by atoms with Crippen LogP contribution in [-0.2, 0) is 4.74 Å². The van der Waals surface area contributed by atoms with Crippen molar-refractivity contribution in [2.24, 2.45) is 0 Å². The number of hydrogen-bond acceptors (Lipinski definition) is 5. The molecule has 0 saturated carbocycles. The Morgan fingerprint density at radius 3 is 2.88 bits per heavy atom. The second-order valence-corrected chi connectivity index (χ2v) is 7.62. The van der Waals surface area contributed by atoms with Crippen molar-refractivity contribution in [1.82, 2.24) is 25.1 Å². The number of aromatic nitrogens is 4. The molecule has 1 amide bonds. The van der Waals surface area contributed by atoms with E-state index in [1.165, 1.54) is 4.80 Å². The first kappa shape index (κ1) is 17.7. The van der Waals surface area contributed by atoms with Crippen molar-refractivity contribution >= 4 is 17.7 Å². The lowest BCUT2D eigenvalue weighted by Gasteiger charge is -2.32. The van der Waals surface area contributed by atoms with Crippen LogP contribution in [0, 0.1) is 0 Å². The molecular formula is C17H22ClN5O2. The Bertz CT molecular complexity index is 755. The van der Waals surface area contributed by atoms with Crippen molar-refractivity contribution in [2.45, 2.75) is 45.1 Å². The van der Waals surface area contributed by atoms with Gasteiger partial charge in [0.05, 0.1) is 5.69 Å². The number of benzene rings is 1. The smallest absolute Gasteiger partial charge is 0.410 e. The van der Waals surface area contributed by atoms with Crippen LogP contribution in [-0.4, -0.2) is 49.9 Å². The number of tetrazole rings is 1. The number of halogens is 1. The lowest BCUT2D eigenvalue weighted by atomic mass is 9.98. The topological polar surface area (TPSA) is 73.1 Å². The second-order valence-electron chi connectivity index (χ2n) is 7.18. The lowest BCUT2D eigenvalue weighted by Crippen LogP contribution is -2.42. The fourth-order valence-corrected chi connectivity index (χ4v) is 2.96. The summed E-state index contributed by atoms with van der Waals surface area (Å²) in [6, 6.07) is 7.28. The summed E-state index contributed by atoms with van der Waals surface area (Å²) in [6.07, 6.45) is 1.51. The summed E-state index contributed by atoms with van der Waals surface area (Å²) in [4.78, 5) is 15.5. The molecule has 1 saturated heterocycles. The summed E-state index contributed by atoms with van der Waals surface area (Å²) < 4.78 is 5.46. The highest BCUT2D eigenvalue weighted by molar-refractivity contribution is 6.30. The Morgan fingerprint density at radius 2 is 2.16 bits per heavy atom.